The summed E-state index contributed by atoms with van der Waals surface area (Å²) < 4.78 is 11.4. The van der Waals surface area contributed by atoms with Crippen LogP contribution < -0.4 is 5.32 Å². The Morgan fingerprint density at radius 3 is 2.67 bits per heavy atom. The number of halogens is 1. The van der Waals surface area contributed by atoms with E-state index in [1.54, 1.807) is 32.9 Å². The second kappa shape index (κ2) is 9.42. The normalized spacial score (nSPS) is 12.6. The van der Waals surface area contributed by atoms with Gasteiger partial charge in [0.2, 0.25) is 11.8 Å². The van der Waals surface area contributed by atoms with E-state index < -0.39 is 12.1 Å². The van der Waals surface area contributed by atoms with Crippen LogP contribution in [0.3, 0.4) is 0 Å². The van der Waals surface area contributed by atoms with E-state index >= 15 is 0 Å². The Morgan fingerprint density at radius 1 is 1.27 bits per heavy atom. The van der Waals surface area contributed by atoms with Crippen LogP contribution in [0.4, 0.5) is 5.69 Å². The van der Waals surface area contributed by atoms with Gasteiger partial charge >= 0.3 is 5.97 Å². The Balaban J connectivity index is 1.96. The zero-order chi connectivity index (χ0) is 21.7. The van der Waals surface area contributed by atoms with Gasteiger partial charge in [0.05, 0.1) is 10.6 Å². The second-order valence-electron chi connectivity index (χ2n) is 6.69. The largest absolute Gasteiger partial charge is 0.460 e. The van der Waals surface area contributed by atoms with Crippen molar-refractivity contribution in [3.8, 4) is 17.5 Å². The van der Waals surface area contributed by atoms with Crippen LogP contribution in [0.15, 0.2) is 46.9 Å². The molecule has 0 bridgehead atoms. The van der Waals surface area contributed by atoms with Crippen LogP contribution >= 0.6 is 11.6 Å². The van der Waals surface area contributed by atoms with Crippen molar-refractivity contribution >= 4 is 23.3 Å². The molecule has 8 heteroatoms. The number of carbonyl (C=O) groups is 1. The van der Waals surface area contributed by atoms with Crippen LogP contribution in [0, 0.1) is 18.3 Å². The maximum absolute atomic E-state index is 11.9. The molecule has 154 valence electrons. The minimum atomic E-state index is -0.617. The fraction of sp³-hybridized carbons (Fsp3) is 0.273. The Labute approximate surface area is 179 Å². The first-order valence-electron chi connectivity index (χ1n) is 9.48. The quantitative estimate of drug-likeness (QED) is 0.528. The predicted molar refractivity (Wildman–Crippen MR) is 113 cm³/mol. The SMILES string of the molecule is CCC(=O)O[C@@H](C)C(Nc1ccc(C#N)c(Cl)c1C)c1nnc(-c2ccccc2)o1. The van der Waals surface area contributed by atoms with E-state index in [2.05, 4.69) is 21.6 Å². The summed E-state index contributed by atoms with van der Waals surface area (Å²) in [6.07, 6.45) is -0.354. The average molecular weight is 425 g/mol. The summed E-state index contributed by atoms with van der Waals surface area (Å²) >= 11 is 6.30. The monoisotopic (exact) mass is 424 g/mol. The van der Waals surface area contributed by atoms with Gasteiger partial charge in [-0.2, -0.15) is 5.26 Å². The van der Waals surface area contributed by atoms with Gasteiger partial charge in [0.15, 0.2) is 0 Å². The molecule has 2 aromatic carbocycles. The fourth-order valence-electron chi connectivity index (χ4n) is 2.89. The van der Waals surface area contributed by atoms with Gasteiger partial charge in [-0.05, 0) is 43.7 Å². The fourth-order valence-corrected chi connectivity index (χ4v) is 3.10. The van der Waals surface area contributed by atoms with Crippen LogP contribution in [0.2, 0.25) is 5.02 Å². The molecule has 3 aromatic rings. The number of nitrogens with zero attached hydrogens (tertiary/aromatic N) is 3. The maximum Gasteiger partial charge on any atom is 0.305 e. The lowest BCUT2D eigenvalue weighted by atomic mass is 10.1. The zero-order valence-electron chi connectivity index (χ0n) is 16.8. The molecule has 7 nitrogen and oxygen atoms in total. The van der Waals surface area contributed by atoms with Gasteiger partial charge < -0.3 is 14.5 Å². The van der Waals surface area contributed by atoms with E-state index in [9.17, 15) is 10.1 Å². The molecule has 3 rings (SSSR count). The summed E-state index contributed by atoms with van der Waals surface area (Å²) in [6.45, 7) is 5.27. The minimum absolute atomic E-state index is 0.248. The third kappa shape index (κ3) is 4.61. The minimum Gasteiger partial charge on any atom is -0.460 e. The van der Waals surface area contributed by atoms with Crippen LogP contribution in [0.1, 0.15) is 43.3 Å². The molecule has 0 aliphatic carbocycles. The number of nitrogens with one attached hydrogen (secondary N) is 1. The molecule has 30 heavy (non-hydrogen) atoms. The number of hydrogen-bond donors (Lipinski definition) is 1. The Kier molecular flexibility index (Phi) is 6.70. The van der Waals surface area contributed by atoms with Crippen molar-refractivity contribution in [3.05, 3.63) is 64.5 Å². The average Bonchev–Trinajstić information content (AvgIpc) is 3.25. The van der Waals surface area contributed by atoms with Crippen molar-refractivity contribution in [1.82, 2.24) is 10.2 Å². The summed E-state index contributed by atoms with van der Waals surface area (Å²) in [5.41, 5.74) is 2.53. The molecule has 0 spiro atoms. The van der Waals surface area contributed by atoms with E-state index in [0.29, 0.717) is 27.7 Å². The van der Waals surface area contributed by atoms with Crippen molar-refractivity contribution in [2.45, 2.75) is 39.3 Å². The number of ether oxygens (including phenoxy) is 1. The Hall–Kier alpha value is -3.37. The highest BCUT2D eigenvalue weighted by atomic mass is 35.5. The van der Waals surface area contributed by atoms with Crippen molar-refractivity contribution in [3.63, 3.8) is 0 Å². The van der Waals surface area contributed by atoms with Gasteiger partial charge in [0.1, 0.15) is 18.2 Å². The number of esters is 1. The Bertz CT molecular complexity index is 1080. The number of anilines is 1. The number of aromatic nitrogens is 2. The number of hydrogen-bond acceptors (Lipinski definition) is 7. The molecule has 0 saturated carbocycles. The molecule has 2 atom stereocenters. The van der Waals surface area contributed by atoms with Crippen LogP contribution in [-0.4, -0.2) is 22.3 Å². The number of rotatable bonds is 7. The second-order valence-corrected chi connectivity index (χ2v) is 7.07. The highest BCUT2D eigenvalue weighted by molar-refractivity contribution is 6.32. The van der Waals surface area contributed by atoms with Gasteiger partial charge in [0.25, 0.3) is 0 Å². The first-order chi connectivity index (χ1) is 14.4. The van der Waals surface area contributed by atoms with E-state index in [1.165, 1.54) is 0 Å². The number of benzene rings is 2. The molecular formula is C22H21ClN4O3. The number of nitriles is 1. The summed E-state index contributed by atoms with van der Waals surface area (Å²) in [4.78, 5) is 11.9. The smallest absolute Gasteiger partial charge is 0.305 e. The molecule has 1 unspecified atom stereocenters. The molecule has 1 heterocycles. The van der Waals surface area contributed by atoms with Crippen molar-refractivity contribution in [1.29, 1.82) is 5.26 Å². The molecule has 1 N–H and O–H groups in total. The number of carbonyl (C=O) groups excluding carboxylic acids is 1. The summed E-state index contributed by atoms with van der Waals surface area (Å²) in [7, 11) is 0. The van der Waals surface area contributed by atoms with E-state index in [0.717, 1.165) is 5.56 Å². The van der Waals surface area contributed by atoms with Crippen molar-refractivity contribution in [2.75, 3.05) is 5.32 Å². The highest BCUT2D eigenvalue weighted by Gasteiger charge is 2.29. The standard InChI is InChI=1S/C22H21ClN4O3/c1-4-18(28)29-14(3)20(25-17-11-10-16(12-24)19(23)13(17)2)22-27-26-21(30-22)15-8-6-5-7-9-15/h5-11,14,20,25H,4H2,1-3H3/t14-,20?/m0/s1. The maximum atomic E-state index is 11.9. The lowest BCUT2D eigenvalue weighted by Gasteiger charge is -2.24. The van der Waals surface area contributed by atoms with Crippen LogP contribution in [-0.2, 0) is 9.53 Å². The summed E-state index contributed by atoms with van der Waals surface area (Å²) in [6, 6.07) is 14.2. The van der Waals surface area contributed by atoms with Gasteiger partial charge in [0, 0.05) is 17.7 Å². The first-order valence-corrected chi connectivity index (χ1v) is 9.86. The lowest BCUT2D eigenvalue weighted by Crippen LogP contribution is -2.28. The molecule has 0 saturated heterocycles. The van der Waals surface area contributed by atoms with Crippen LogP contribution in [0.25, 0.3) is 11.5 Å². The molecule has 0 aliphatic rings. The molecular weight excluding hydrogens is 404 g/mol. The van der Waals surface area contributed by atoms with Crippen LogP contribution in [0.5, 0.6) is 0 Å². The predicted octanol–water partition coefficient (Wildman–Crippen LogP) is 5.07. The Morgan fingerprint density at radius 2 is 2.00 bits per heavy atom. The molecule has 0 amide bonds. The molecule has 0 radical (unpaired) electrons. The zero-order valence-corrected chi connectivity index (χ0v) is 17.6. The third-order valence-electron chi connectivity index (χ3n) is 4.62. The van der Waals surface area contributed by atoms with E-state index in [1.807, 2.05) is 30.3 Å². The molecule has 0 fully saturated rings. The molecule has 0 aliphatic heterocycles. The summed E-state index contributed by atoms with van der Waals surface area (Å²) in [5.74, 6) is 0.290. The molecule has 1 aromatic heterocycles. The topological polar surface area (TPSA) is 101 Å². The first kappa shape index (κ1) is 21.3. The van der Waals surface area contributed by atoms with Gasteiger partial charge in [-0.15, -0.1) is 10.2 Å². The third-order valence-corrected chi connectivity index (χ3v) is 5.11. The summed E-state index contributed by atoms with van der Waals surface area (Å²) in [5, 5.41) is 21.1. The van der Waals surface area contributed by atoms with Gasteiger partial charge in [-0.3, -0.25) is 4.79 Å². The van der Waals surface area contributed by atoms with E-state index in [-0.39, 0.29) is 18.3 Å². The van der Waals surface area contributed by atoms with E-state index in [4.69, 9.17) is 20.8 Å². The highest BCUT2D eigenvalue weighted by Crippen LogP contribution is 2.32. The van der Waals surface area contributed by atoms with Crippen molar-refractivity contribution in [2.24, 2.45) is 0 Å². The van der Waals surface area contributed by atoms with Crippen molar-refractivity contribution < 1.29 is 13.9 Å². The van der Waals surface area contributed by atoms with Gasteiger partial charge in [-0.25, -0.2) is 0 Å². The van der Waals surface area contributed by atoms with Gasteiger partial charge in [-0.1, -0.05) is 36.7 Å². The lowest BCUT2D eigenvalue weighted by molar-refractivity contribution is -0.148.